The summed E-state index contributed by atoms with van der Waals surface area (Å²) in [5.41, 5.74) is 8.02. The first-order valence-electron chi connectivity index (χ1n) is 19.0. The van der Waals surface area contributed by atoms with Crippen LogP contribution < -0.4 is 9.80 Å². The fourth-order valence-corrected chi connectivity index (χ4v) is 11.7. The number of fused-ring (bicyclic) bond motifs is 5. The van der Waals surface area contributed by atoms with Crippen LogP contribution in [0.25, 0.3) is 70.1 Å². The number of nitrogens with zero attached hydrogens (tertiary/aromatic N) is 2. The Morgan fingerprint density at radius 1 is 0.353 bits per heavy atom. The molecule has 0 N–H and O–H groups in total. The lowest BCUT2D eigenvalue weighted by molar-refractivity contribution is 0.578. The maximum Gasteiger partial charge on any atom is 0.0372 e. The van der Waals surface area contributed by atoms with Gasteiger partial charge < -0.3 is 9.80 Å². The molecule has 1 atom stereocenters. The molecule has 2 aliphatic heterocycles. The maximum absolute atomic E-state index is 2.62. The third-order valence-corrected chi connectivity index (χ3v) is 14.1. The van der Waals surface area contributed by atoms with Crippen molar-refractivity contribution in [2.75, 3.05) is 36.0 Å². The zero-order valence-electron chi connectivity index (χ0n) is 29.2. The summed E-state index contributed by atoms with van der Waals surface area (Å²) >= 11 is 0. The van der Waals surface area contributed by atoms with Crippen LogP contribution in [0.15, 0.2) is 140 Å². The highest BCUT2D eigenvalue weighted by Crippen LogP contribution is 2.56. The Hall–Kier alpha value is -5.04. The van der Waals surface area contributed by atoms with Gasteiger partial charge in [-0.2, -0.15) is 0 Å². The second-order valence-corrected chi connectivity index (χ2v) is 16.7. The van der Waals surface area contributed by atoms with Gasteiger partial charge in [-0.05, 0) is 135 Å². The normalized spacial score (nSPS) is 15.7. The fourth-order valence-electron chi connectivity index (χ4n) is 9.11. The lowest BCUT2D eigenvalue weighted by atomic mass is 9.85. The Morgan fingerprint density at radius 2 is 0.882 bits per heavy atom. The van der Waals surface area contributed by atoms with Crippen LogP contribution in [0.3, 0.4) is 0 Å². The molecule has 3 heteroatoms. The van der Waals surface area contributed by atoms with Crippen LogP contribution in [0.2, 0.25) is 0 Å². The van der Waals surface area contributed by atoms with Crippen LogP contribution in [0, 0.1) is 0 Å². The molecular formula is C48H43N2P. The van der Waals surface area contributed by atoms with Crippen molar-refractivity contribution in [1.82, 2.24) is 0 Å². The molecule has 0 amide bonds. The van der Waals surface area contributed by atoms with E-state index in [4.69, 9.17) is 0 Å². The summed E-state index contributed by atoms with van der Waals surface area (Å²) in [4.78, 5) is 5.23. The SMILES string of the molecule is c1ccc(-c2c3ccc(N4CCCCC4)cc3c(-c3ccc4c(c3)c3ccccc3p4-c3ccccc3)c3ccc(N4CCCCC4)cc23)cc1. The van der Waals surface area contributed by atoms with Crippen LogP contribution >= 0.6 is 7.53 Å². The van der Waals surface area contributed by atoms with Crippen LogP contribution in [0.5, 0.6) is 0 Å². The van der Waals surface area contributed by atoms with Gasteiger partial charge in [0.15, 0.2) is 0 Å². The molecule has 1 aromatic heterocycles. The van der Waals surface area contributed by atoms with Gasteiger partial charge in [0.1, 0.15) is 0 Å². The number of hydrogen-bond acceptors (Lipinski definition) is 2. The average Bonchev–Trinajstić information content (AvgIpc) is 3.54. The van der Waals surface area contributed by atoms with E-state index in [0.717, 1.165) is 26.2 Å². The lowest BCUT2D eigenvalue weighted by Gasteiger charge is -2.30. The monoisotopic (exact) mass is 678 g/mol. The van der Waals surface area contributed by atoms with Gasteiger partial charge >= 0.3 is 0 Å². The predicted molar refractivity (Wildman–Crippen MR) is 224 cm³/mol. The van der Waals surface area contributed by atoms with E-state index in [1.165, 1.54) is 120 Å². The molecule has 7 aromatic carbocycles. The van der Waals surface area contributed by atoms with Gasteiger partial charge in [-0.1, -0.05) is 111 Å². The molecular weight excluding hydrogens is 636 g/mol. The average molecular weight is 679 g/mol. The van der Waals surface area contributed by atoms with E-state index in [0.29, 0.717) is 0 Å². The standard InChI is InChI=1S/C48H43N2P/c1-5-15-34(16-6-1)47-40-24-22-37(50-29-13-4-14-30-50)33-44(40)48(41-25-23-36(32-43(41)47)49-27-11-3-12-28-49)35-21-26-46-42(31-35)39-19-9-10-20-45(39)51(46)38-17-7-2-8-18-38/h1-2,5-10,15-26,31-33H,3-4,11-14,27-30H2. The van der Waals surface area contributed by atoms with Crippen LogP contribution in [-0.4, -0.2) is 26.2 Å². The zero-order chi connectivity index (χ0) is 33.7. The summed E-state index contributed by atoms with van der Waals surface area (Å²) in [6.45, 7) is 4.55. The fraction of sp³-hybridized carbons (Fsp3) is 0.208. The summed E-state index contributed by atoms with van der Waals surface area (Å²) in [6, 6.07) is 53.6. The minimum atomic E-state index is -0.596. The van der Waals surface area contributed by atoms with Gasteiger partial charge in [-0.3, -0.25) is 0 Å². The smallest absolute Gasteiger partial charge is 0.0372 e. The van der Waals surface area contributed by atoms with Crippen LogP contribution in [0.1, 0.15) is 38.5 Å². The molecule has 250 valence electrons. The van der Waals surface area contributed by atoms with Crippen LogP contribution in [0.4, 0.5) is 11.4 Å². The van der Waals surface area contributed by atoms with E-state index < -0.39 is 7.53 Å². The summed E-state index contributed by atoms with van der Waals surface area (Å²) in [6.07, 6.45) is 7.75. The molecule has 0 bridgehead atoms. The van der Waals surface area contributed by atoms with Gasteiger partial charge in [0.2, 0.25) is 0 Å². The first-order chi connectivity index (χ1) is 25.3. The van der Waals surface area contributed by atoms with Gasteiger partial charge in [-0.15, -0.1) is 0 Å². The second kappa shape index (κ2) is 12.9. The molecule has 0 aliphatic carbocycles. The largest absolute Gasteiger partial charge is 0.372 e. The Labute approximate surface area is 302 Å². The van der Waals surface area contributed by atoms with Crippen molar-refractivity contribution in [1.29, 1.82) is 0 Å². The summed E-state index contributed by atoms with van der Waals surface area (Å²) in [5, 5.41) is 12.5. The third-order valence-electron chi connectivity index (χ3n) is 11.6. The molecule has 2 saturated heterocycles. The van der Waals surface area contributed by atoms with Gasteiger partial charge in [-0.25, -0.2) is 0 Å². The highest BCUT2D eigenvalue weighted by atomic mass is 31.1. The summed E-state index contributed by atoms with van der Waals surface area (Å²) < 4.78 is 0. The van der Waals surface area contributed by atoms with Crippen molar-refractivity contribution in [2.24, 2.45) is 0 Å². The highest BCUT2D eigenvalue weighted by Gasteiger charge is 2.22. The molecule has 8 aromatic rings. The first-order valence-corrected chi connectivity index (χ1v) is 20.3. The molecule has 3 heterocycles. The van der Waals surface area contributed by atoms with Gasteiger partial charge in [0.25, 0.3) is 0 Å². The topological polar surface area (TPSA) is 6.48 Å². The summed E-state index contributed by atoms with van der Waals surface area (Å²) in [7, 11) is -0.596. The second-order valence-electron chi connectivity index (χ2n) is 14.6. The number of benzene rings is 7. The van der Waals surface area contributed by atoms with Crippen molar-refractivity contribution in [3.05, 3.63) is 140 Å². The molecule has 0 saturated carbocycles. The molecule has 2 fully saturated rings. The minimum Gasteiger partial charge on any atom is -0.372 e. The number of rotatable bonds is 5. The van der Waals surface area contributed by atoms with Gasteiger partial charge in [0.05, 0.1) is 0 Å². The molecule has 0 radical (unpaired) electrons. The highest BCUT2D eigenvalue weighted by molar-refractivity contribution is 7.67. The first kappa shape index (κ1) is 30.8. The van der Waals surface area contributed by atoms with E-state index in [1.54, 1.807) is 0 Å². The Morgan fingerprint density at radius 3 is 1.51 bits per heavy atom. The lowest BCUT2D eigenvalue weighted by Crippen LogP contribution is -2.29. The zero-order valence-corrected chi connectivity index (χ0v) is 30.1. The van der Waals surface area contributed by atoms with Crippen molar-refractivity contribution < 1.29 is 0 Å². The Balaban J connectivity index is 1.29. The quantitative estimate of drug-likeness (QED) is 0.167. The number of anilines is 2. The van der Waals surface area contributed by atoms with E-state index in [1.807, 2.05) is 0 Å². The Kier molecular flexibility index (Phi) is 7.80. The van der Waals surface area contributed by atoms with E-state index in [-0.39, 0.29) is 0 Å². The Bertz CT molecular complexity index is 2540. The molecule has 1 unspecified atom stereocenters. The molecule has 2 nitrogen and oxygen atoms in total. The van der Waals surface area contributed by atoms with Crippen molar-refractivity contribution >= 4 is 61.5 Å². The van der Waals surface area contributed by atoms with Gasteiger partial charge in [0, 0.05) is 47.8 Å². The van der Waals surface area contributed by atoms with Crippen LogP contribution in [-0.2, 0) is 0 Å². The van der Waals surface area contributed by atoms with E-state index >= 15 is 0 Å². The van der Waals surface area contributed by atoms with E-state index in [9.17, 15) is 0 Å². The molecule has 10 rings (SSSR count). The maximum atomic E-state index is 2.62. The number of hydrogen-bond donors (Lipinski definition) is 0. The van der Waals surface area contributed by atoms with E-state index in [2.05, 4.69) is 149 Å². The number of piperidine rings is 2. The predicted octanol–water partition coefficient (Wildman–Crippen LogP) is 13.6. The third kappa shape index (κ3) is 5.31. The van der Waals surface area contributed by atoms with Crippen molar-refractivity contribution in [3.63, 3.8) is 0 Å². The van der Waals surface area contributed by atoms with Crippen molar-refractivity contribution in [2.45, 2.75) is 38.5 Å². The van der Waals surface area contributed by atoms with Crippen molar-refractivity contribution in [3.8, 4) is 27.6 Å². The summed E-state index contributed by atoms with van der Waals surface area (Å²) in [5.74, 6) is 0. The molecule has 2 aliphatic rings. The molecule has 0 spiro atoms. The molecule has 51 heavy (non-hydrogen) atoms. The minimum absolute atomic E-state index is 0.596.